The number of carboxylic acid groups (broad SMARTS) is 1. The summed E-state index contributed by atoms with van der Waals surface area (Å²) in [6.07, 6.45) is 2.12. The fraction of sp³-hybridized carbons (Fsp3) is 0.500. The number of piperidine rings is 1. The average molecular weight is 484 g/mol. The number of aromatic nitrogens is 1. The lowest BCUT2D eigenvalue weighted by atomic mass is 9.92. The molecular weight excluding hydrogens is 450 g/mol. The van der Waals surface area contributed by atoms with Crippen LogP contribution < -0.4 is 10.5 Å². The van der Waals surface area contributed by atoms with E-state index < -0.39 is 28.4 Å². The Balaban J connectivity index is 1.56. The van der Waals surface area contributed by atoms with Crippen molar-refractivity contribution in [2.24, 2.45) is 5.92 Å². The minimum Gasteiger partial charge on any atom is -0.506 e. The van der Waals surface area contributed by atoms with Gasteiger partial charge in [0.1, 0.15) is 11.4 Å². The lowest BCUT2D eigenvalue weighted by Crippen LogP contribution is -2.50. The highest BCUT2D eigenvalue weighted by Crippen LogP contribution is 2.36. The predicted molar refractivity (Wildman–Crippen MR) is 132 cm³/mol. The number of pyridine rings is 1. The number of nitrogens with zero attached hydrogens (tertiary/aromatic N) is 2. The van der Waals surface area contributed by atoms with Gasteiger partial charge in [-0.2, -0.15) is 0 Å². The Morgan fingerprint density at radius 3 is 2.46 bits per heavy atom. The molecular formula is C26H33N3O6. The Bertz CT molecular complexity index is 1180. The van der Waals surface area contributed by atoms with Gasteiger partial charge in [-0.15, -0.1) is 0 Å². The number of H-pyrrole nitrogens is 1. The lowest BCUT2D eigenvalue weighted by Gasteiger charge is -2.37. The first kappa shape index (κ1) is 24.6. The van der Waals surface area contributed by atoms with Crippen LogP contribution in [0, 0.1) is 5.92 Å². The van der Waals surface area contributed by atoms with Crippen molar-refractivity contribution in [3.8, 4) is 17.0 Å². The van der Waals surface area contributed by atoms with Gasteiger partial charge >= 0.3 is 12.1 Å². The third-order valence-electron chi connectivity index (χ3n) is 6.79. The highest BCUT2D eigenvalue weighted by atomic mass is 16.6. The smallest absolute Gasteiger partial charge is 0.410 e. The summed E-state index contributed by atoms with van der Waals surface area (Å²) in [5, 5.41) is 19.7. The number of carboxylic acids is 1. The third kappa shape index (κ3) is 4.85. The van der Waals surface area contributed by atoms with Gasteiger partial charge in [-0.1, -0.05) is 19.1 Å². The van der Waals surface area contributed by atoms with Crippen molar-refractivity contribution in [3.63, 3.8) is 0 Å². The van der Waals surface area contributed by atoms with Crippen molar-refractivity contribution in [3.05, 3.63) is 45.7 Å². The first-order chi connectivity index (χ1) is 16.5. The van der Waals surface area contributed by atoms with Crippen LogP contribution in [-0.2, 0) is 11.2 Å². The van der Waals surface area contributed by atoms with E-state index in [-0.39, 0.29) is 12.1 Å². The van der Waals surface area contributed by atoms with Crippen LogP contribution in [0.3, 0.4) is 0 Å². The van der Waals surface area contributed by atoms with Crippen LogP contribution in [0.2, 0.25) is 0 Å². The van der Waals surface area contributed by atoms with E-state index in [2.05, 4.69) is 9.88 Å². The molecule has 188 valence electrons. The number of hydrogen-bond donors (Lipinski definition) is 3. The number of fused-ring (bicyclic) bond motifs is 1. The van der Waals surface area contributed by atoms with Crippen LogP contribution in [0.15, 0.2) is 29.1 Å². The van der Waals surface area contributed by atoms with Gasteiger partial charge in [0.05, 0.1) is 11.7 Å². The van der Waals surface area contributed by atoms with Crippen LogP contribution in [0.25, 0.3) is 11.3 Å². The maximum absolute atomic E-state index is 12.8. The summed E-state index contributed by atoms with van der Waals surface area (Å²) in [6, 6.07) is 7.71. The zero-order valence-corrected chi connectivity index (χ0v) is 20.6. The molecule has 0 radical (unpaired) electrons. The number of nitrogens with one attached hydrogen (secondary N) is 1. The number of amides is 1. The van der Waals surface area contributed by atoms with E-state index in [0.29, 0.717) is 42.2 Å². The Kier molecular flexibility index (Phi) is 6.53. The van der Waals surface area contributed by atoms with Crippen LogP contribution in [0.4, 0.5) is 10.5 Å². The van der Waals surface area contributed by atoms with Crippen molar-refractivity contribution in [1.82, 2.24) is 9.88 Å². The topological polar surface area (TPSA) is 123 Å². The molecule has 1 amide bonds. The molecule has 2 fully saturated rings. The zero-order chi connectivity index (χ0) is 25.5. The standard InChI is InChI=1S/C26H33N3O6/c1-5-18-21(27-23(31)20(22(18)30)24(32)33)15-8-10-17(11-9-15)28-13-16-7-6-12-29(19(16)14-28)25(34)35-26(2,3)4/h8-11,16,19H,5-7,12-14H2,1-4H3,(H,32,33)(H2,27,30,31). The molecule has 2 aliphatic heterocycles. The van der Waals surface area contributed by atoms with Gasteiger partial charge in [0, 0.05) is 30.9 Å². The van der Waals surface area contributed by atoms with E-state index in [4.69, 9.17) is 4.74 Å². The maximum Gasteiger partial charge on any atom is 0.410 e. The molecule has 1 aromatic heterocycles. The van der Waals surface area contributed by atoms with Gasteiger partial charge < -0.3 is 29.7 Å². The number of ether oxygens (including phenoxy) is 1. The van der Waals surface area contributed by atoms with Crippen molar-refractivity contribution in [1.29, 1.82) is 0 Å². The highest BCUT2D eigenvalue weighted by Gasteiger charge is 2.42. The van der Waals surface area contributed by atoms with Crippen molar-refractivity contribution in [2.75, 3.05) is 24.5 Å². The molecule has 0 aliphatic carbocycles. The molecule has 0 saturated carbocycles. The van der Waals surface area contributed by atoms with Gasteiger partial charge in [0.25, 0.3) is 5.56 Å². The molecule has 2 aliphatic rings. The summed E-state index contributed by atoms with van der Waals surface area (Å²) in [5.41, 5.74) is 0.468. The number of anilines is 1. The molecule has 3 heterocycles. The lowest BCUT2D eigenvalue weighted by molar-refractivity contribution is 0.00668. The quantitative estimate of drug-likeness (QED) is 0.604. The van der Waals surface area contributed by atoms with Crippen molar-refractivity contribution in [2.45, 2.75) is 58.6 Å². The number of aromatic hydroxyl groups is 1. The number of hydrogen-bond acceptors (Lipinski definition) is 6. The molecule has 0 spiro atoms. The van der Waals surface area contributed by atoms with Gasteiger partial charge in [-0.05, 0) is 63.6 Å². The normalized spacial score (nSPS) is 20.0. The molecule has 3 N–H and O–H groups in total. The van der Waals surface area contributed by atoms with Crippen molar-refractivity contribution >= 4 is 17.7 Å². The van der Waals surface area contributed by atoms with Crippen LogP contribution in [0.1, 0.15) is 56.5 Å². The van der Waals surface area contributed by atoms with Gasteiger partial charge in [0.2, 0.25) is 0 Å². The van der Waals surface area contributed by atoms with Gasteiger partial charge in [-0.25, -0.2) is 9.59 Å². The molecule has 9 nitrogen and oxygen atoms in total. The zero-order valence-electron chi connectivity index (χ0n) is 20.6. The molecule has 2 saturated heterocycles. The summed E-state index contributed by atoms with van der Waals surface area (Å²) in [5.74, 6) is -1.58. The number of aromatic amines is 1. The minimum atomic E-state index is -1.46. The number of benzene rings is 1. The number of likely N-dealkylation sites (tertiary alicyclic amines) is 1. The van der Waals surface area contributed by atoms with Crippen LogP contribution in [0.5, 0.6) is 5.75 Å². The first-order valence-corrected chi connectivity index (χ1v) is 12.1. The van der Waals surface area contributed by atoms with Crippen LogP contribution in [-0.4, -0.2) is 63.4 Å². The first-order valence-electron chi connectivity index (χ1n) is 12.1. The van der Waals surface area contributed by atoms with E-state index in [1.807, 2.05) is 49.9 Å². The largest absolute Gasteiger partial charge is 0.506 e. The van der Waals surface area contributed by atoms with Crippen LogP contribution >= 0.6 is 0 Å². The van der Waals surface area contributed by atoms with E-state index in [9.17, 15) is 24.6 Å². The second-order valence-corrected chi connectivity index (χ2v) is 10.3. The molecule has 0 bridgehead atoms. The molecule has 2 unspecified atom stereocenters. The second kappa shape index (κ2) is 9.28. The van der Waals surface area contributed by atoms with E-state index in [1.54, 1.807) is 6.92 Å². The minimum absolute atomic E-state index is 0.0989. The van der Waals surface area contributed by atoms with Gasteiger partial charge in [0.15, 0.2) is 5.56 Å². The van der Waals surface area contributed by atoms with E-state index in [1.165, 1.54) is 0 Å². The van der Waals surface area contributed by atoms with E-state index in [0.717, 1.165) is 25.1 Å². The summed E-state index contributed by atoms with van der Waals surface area (Å²) in [6.45, 7) is 9.68. The molecule has 2 atom stereocenters. The van der Waals surface area contributed by atoms with Crippen molar-refractivity contribution < 1.29 is 24.5 Å². The Morgan fingerprint density at radius 1 is 1.17 bits per heavy atom. The number of aromatic carboxylic acids is 1. The summed E-state index contributed by atoms with van der Waals surface area (Å²) >= 11 is 0. The molecule has 2 aromatic rings. The highest BCUT2D eigenvalue weighted by molar-refractivity contribution is 5.92. The predicted octanol–water partition coefficient (Wildman–Crippen LogP) is 3.84. The summed E-state index contributed by atoms with van der Waals surface area (Å²) in [4.78, 5) is 43.2. The fourth-order valence-electron chi connectivity index (χ4n) is 5.19. The average Bonchev–Trinajstić information content (AvgIpc) is 3.22. The Labute approximate surface area is 204 Å². The number of rotatable bonds is 4. The van der Waals surface area contributed by atoms with Gasteiger partial charge in [-0.3, -0.25) is 4.79 Å². The Morgan fingerprint density at radius 2 is 1.86 bits per heavy atom. The monoisotopic (exact) mass is 483 g/mol. The summed E-state index contributed by atoms with van der Waals surface area (Å²) in [7, 11) is 0. The molecule has 35 heavy (non-hydrogen) atoms. The SMILES string of the molecule is CCc1c(-c2ccc(N3CC4CCCN(C(=O)OC(C)(C)C)C4C3)cc2)[nH]c(=O)c(C(=O)O)c1O. The molecule has 1 aromatic carbocycles. The molecule has 9 heteroatoms. The van der Waals surface area contributed by atoms with E-state index >= 15 is 0 Å². The number of carbonyl (C=O) groups excluding carboxylic acids is 1. The fourth-order valence-corrected chi connectivity index (χ4v) is 5.19. The third-order valence-corrected chi connectivity index (χ3v) is 6.79. The summed E-state index contributed by atoms with van der Waals surface area (Å²) < 4.78 is 5.64. The molecule has 4 rings (SSSR count). The second-order valence-electron chi connectivity index (χ2n) is 10.3. The maximum atomic E-state index is 12.8. The Hall–Kier alpha value is -3.49. The number of carbonyl (C=O) groups is 2.